The number of aryl methyl sites for hydroxylation is 1. The van der Waals surface area contributed by atoms with Gasteiger partial charge in [0.1, 0.15) is 22.2 Å². The Kier molecular flexibility index (Phi) is 5.65. The van der Waals surface area contributed by atoms with Crippen molar-refractivity contribution in [3.63, 3.8) is 0 Å². The Labute approximate surface area is 184 Å². The molecule has 4 rings (SSSR count). The van der Waals surface area contributed by atoms with Crippen molar-refractivity contribution >= 4 is 39.6 Å². The van der Waals surface area contributed by atoms with Crippen LogP contribution >= 0.6 is 22.9 Å². The second-order valence-electron chi connectivity index (χ2n) is 6.66. The lowest BCUT2D eigenvalue weighted by Gasteiger charge is -2.05. The van der Waals surface area contributed by atoms with Crippen molar-refractivity contribution in [3.8, 4) is 0 Å². The summed E-state index contributed by atoms with van der Waals surface area (Å²) in [6.45, 7) is 3.69. The van der Waals surface area contributed by atoms with E-state index < -0.39 is 10.7 Å². The molecule has 3 aromatic heterocycles. The molecule has 0 aliphatic carbocycles. The number of nitro groups is 1. The number of anilines is 2. The molecule has 4 aromatic rings. The molecule has 0 unspecified atom stereocenters. The van der Waals surface area contributed by atoms with Gasteiger partial charge >= 0.3 is 5.69 Å². The molecule has 10 nitrogen and oxygen atoms in total. The van der Waals surface area contributed by atoms with Gasteiger partial charge in [0.05, 0.1) is 18.0 Å². The molecular formula is C18H16ClFN8O2S. The number of benzene rings is 1. The van der Waals surface area contributed by atoms with E-state index in [4.69, 9.17) is 11.6 Å². The van der Waals surface area contributed by atoms with Crippen molar-refractivity contribution in [1.82, 2.24) is 29.8 Å². The van der Waals surface area contributed by atoms with Crippen LogP contribution < -0.4 is 5.32 Å². The zero-order chi connectivity index (χ0) is 22.1. The Hall–Kier alpha value is -3.38. The van der Waals surface area contributed by atoms with Crippen molar-refractivity contribution in [2.24, 2.45) is 0 Å². The quantitative estimate of drug-likeness (QED) is 0.324. The highest BCUT2D eigenvalue weighted by Crippen LogP contribution is 2.25. The standard InChI is InChI=1S/C18H16ClFN8O2S/c1-10-17(28(29)30)11(2)27(24-10)9-16-22-23-18(31-16)21-15-6-7-26(25-15)8-12-13(19)4-3-5-14(12)20/h3-7H,8-9H2,1-2H3,(H,21,23,25). The second-order valence-corrected chi connectivity index (χ2v) is 8.13. The van der Waals surface area contributed by atoms with Crippen LogP contribution in [0.5, 0.6) is 0 Å². The van der Waals surface area contributed by atoms with Gasteiger partial charge in [0.2, 0.25) is 5.13 Å². The second kappa shape index (κ2) is 8.40. The largest absolute Gasteiger partial charge is 0.313 e. The van der Waals surface area contributed by atoms with Crippen molar-refractivity contribution in [2.45, 2.75) is 26.9 Å². The summed E-state index contributed by atoms with van der Waals surface area (Å²) < 4.78 is 17.1. The Morgan fingerprint density at radius 3 is 2.74 bits per heavy atom. The first-order chi connectivity index (χ1) is 14.8. The van der Waals surface area contributed by atoms with Crippen LogP contribution in [0.1, 0.15) is 22.0 Å². The Morgan fingerprint density at radius 1 is 1.23 bits per heavy atom. The zero-order valence-corrected chi connectivity index (χ0v) is 18.0. The third kappa shape index (κ3) is 4.39. The SMILES string of the molecule is Cc1nn(Cc2nnc(Nc3ccn(Cc4c(F)cccc4Cl)n3)s2)c(C)c1[N+](=O)[O-]. The molecule has 0 radical (unpaired) electrons. The summed E-state index contributed by atoms with van der Waals surface area (Å²) in [5.74, 6) is 0.118. The number of hydrogen-bond acceptors (Lipinski definition) is 8. The highest BCUT2D eigenvalue weighted by Gasteiger charge is 2.22. The lowest BCUT2D eigenvalue weighted by Crippen LogP contribution is -2.04. The smallest absolute Gasteiger partial charge is 0.312 e. The molecule has 0 fully saturated rings. The number of rotatable bonds is 7. The fraction of sp³-hybridized carbons (Fsp3) is 0.222. The maximum absolute atomic E-state index is 14.0. The highest BCUT2D eigenvalue weighted by molar-refractivity contribution is 7.15. The maximum atomic E-state index is 14.0. The summed E-state index contributed by atoms with van der Waals surface area (Å²) in [5, 5.41) is 32.4. The molecule has 0 saturated heterocycles. The fourth-order valence-corrected chi connectivity index (χ4v) is 4.02. The van der Waals surface area contributed by atoms with Crippen LogP contribution in [0.15, 0.2) is 30.5 Å². The molecule has 0 aliphatic rings. The Morgan fingerprint density at radius 2 is 2.03 bits per heavy atom. The van der Waals surface area contributed by atoms with E-state index in [1.165, 1.54) is 22.1 Å². The van der Waals surface area contributed by atoms with Crippen LogP contribution in [-0.4, -0.2) is 34.7 Å². The van der Waals surface area contributed by atoms with Crippen LogP contribution in [0.25, 0.3) is 0 Å². The summed E-state index contributed by atoms with van der Waals surface area (Å²) in [6.07, 6.45) is 1.70. The van der Waals surface area contributed by atoms with Crippen molar-refractivity contribution in [1.29, 1.82) is 0 Å². The van der Waals surface area contributed by atoms with Crippen molar-refractivity contribution < 1.29 is 9.31 Å². The average molecular weight is 463 g/mol. The van der Waals surface area contributed by atoms with Gasteiger partial charge in [-0.05, 0) is 26.0 Å². The van der Waals surface area contributed by atoms with E-state index in [2.05, 4.69) is 25.7 Å². The first-order valence-corrected chi connectivity index (χ1v) is 10.3. The van der Waals surface area contributed by atoms with E-state index in [0.717, 1.165) is 0 Å². The molecule has 0 spiro atoms. The first kappa shape index (κ1) is 20.9. The van der Waals surface area contributed by atoms with Crippen LogP contribution in [0.4, 0.5) is 21.0 Å². The van der Waals surface area contributed by atoms with Gasteiger partial charge in [-0.2, -0.15) is 10.2 Å². The summed E-state index contributed by atoms with van der Waals surface area (Å²) in [7, 11) is 0. The monoisotopic (exact) mass is 462 g/mol. The summed E-state index contributed by atoms with van der Waals surface area (Å²) in [6, 6.07) is 6.25. The molecule has 0 atom stereocenters. The number of nitrogens with zero attached hydrogens (tertiary/aromatic N) is 7. The molecule has 1 N–H and O–H groups in total. The van der Waals surface area contributed by atoms with E-state index in [0.29, 0.717) is 37.9 Å². The summed E-state index contributed by atoms with van der Waals surface area (Å²) in [5.41, 5.74) is 1.17. The minimum Gasteiger partial charge on any atom is -0.313 e. The van der Waals surface area contributed by atoms with Crippen LogP contribution in [0.2, 0.25) is 5.02 Å². The lowest BCUT2D eigenvalue weighted by molar-refractivity contribution is -0.386. The normalized spacial score (nSPS) is 11.1. The number of halogens is 2. The highest BCUT2D eigenvalue weighted by atomic mass is 35.5. The molecule has 13 heteroatoms. The van der Waals surface area contributed by atoms with E-state index in [1.54, 1.807) is 42.9 Å². The van der Waals surface area contributed by atoms with E-state index in [1.807, 2.05) is 0 Å². The number of hydrogen-bond donors (Lipinski definition) is 1. The van der Waals surface area contributed by atoms with Gasteiger partial charge in [-0.25, -0.2) is 4.39 Å². The van der Waals surface area contributed by atoms with Crippen molar-refractivity contribution in [2.75, 3.05) is 5.32 Å². The maximum Gasteiger partial charge on any atom is 0.312 e. The molecule has 3 heterocycles. The molecule has 0 amide bonds. The molecule has 0 aliphatic heterocycles. The van der Waals surface area contributed by atoms with Gasteiger partial charge in [-0.15, -0.1) is 10.2 Å². The topological polar surface area (TPSA) is 117 Å². The van der Waals surface area contributed by atoms with Gasteiger partial charge < -0.3 is 5.32 Å². The molecule has 0 bridgehead atoms. The third-order valence-electron chi connectivity index (χ3n) is 4.54. The van der Waals surface area contributed by atoms with Gasteiger partial charge in [0, 0.05) is 22.8 Å². The van der Waals surface area contributed by atoms with Crippen LogP contribution in [0.3, 0.4) is 0 Å². The third-order valence-corrected chi connectivity index (χ3v) is 5.71. The zero-order valence-electron chi connectivity index (χ0n) is 16.4. The minimum absolute atomic E-state index is 0.00311. The summed E-state index contributed by atoms with van der Waals surface area (Å²) in [4.78, 5) is 10.7. The minimum atomic E-state index is -0.438. The van der Waals surface area contributed by atoms with E-state index in [9.17, 15) is 14.5 Å². The van der Waals surface area contributed by atoms with E-state index in [-0.39, 0.29) is 18.8 Å². The molecular weight excluding hydrogens is 447 g/mol. The molecule has 31 heavy (non-hydrogen) atoms. The number of aromatic nitrogens is 6. The number of nitrogens with one attached hydrogen (secondary N) is 1. The van der Waals surface area contributed by atoms with E-state index >= 15 is 0 Å². The first-order valence-electron chi connectivity index (χ1n) is 9.06. The Bertz CT molecular complexity index is 1250. The molecule has 160 valence electrons. The van der Waals surface area contributed by atoms with Crippen LogP contribution in [-0.2, 0) is 13.1 Å². The van der Waals surface area contributed by atoms with Gasteiger partial charge in [-0.3, -0.25) is 19.5 Å². The fourth-order valence-electron chi connectivity index (χ4n) is 3.07. The van der Waals surface area contributed by atoms with Gasteiger partial charge in [-0.1, -0.05) is 29.0 Å². The van der Waals surface area contributed by atoms with Gasteiger partial charge in [0.25, 0.3) is 0 Å². The molecule has 0 saturated carbocycles. The lowest BCUT2D eigenvalue weighted by atomic mass is 10.2. The predicted molar refractivity (Wildman–Crippen MR) is 113 cm³/mol. The van der Waals surface area contributed by atoms with Crippen LogP contribution in [0, 0.1) is 29.8 Å². The van der Waals surface area contributed by atoms with Crippen molar-refractivity contribution in [3.05, 3.63) is 73.4 Å². The predicted octanol–water partition coefficient (Wildman–Crippen LogP) is 4.09. The van der Waals surface area contributed by atoms with Gasteiger partial charge in [0.15, 0.2) is 5.82 Å². The Balaban J connectivity index is 1.44. The molecule has 1 aromatic carbocycles. The summed E-state index contributed by atoms with van der Waals surface area (Å²) >= 11 is 7.35. The average Bonchev–Trinajstić information content (AvgIpc) is 3.40.